The fraction of sp³-hybridized carbons (Fsp3) is 0.513. The molecule has 2 spiro atoms. The number of hydrazine groups is 1. The molecule has 4 bridgehead atoms. The number of carbonyl (C=O) groups excluding carboxylic acids is 1. The zero-order valence-corrected chi connectivity index (χ0v) is 35.2. The topological polar surface area (TPSA) is 121 Å². The highest BCUT2D eigenvalue weighted by Crippen LogP contribution is 2.96. The lowest BCUT2D eigenvalue weighted by Gasteiger charge is -2.45. The molecule has 4 fully saturated rings. The highest BCUT2D eigenvalue weighted by Gasteiger charge is 2.89. The number of nitrogens with zero attached hydrogens (tertiary/aromatic N) is 4. The van der Waals surface area contributed by atoms with Crippen LogP contribution in [0.5, 0.6) is 5.75 Å². The van der Waals surface area contributed by atoms with Crippen LogP contribution in [0.2, 0.25) is 5.21 Å². The molecule has 1 amide bonds. The van der Waals surface area contributed by atoms with Crippen molar-refractivity contribution in [2.24, 2.45) is 22.7 Å². The number of nitrogens with one attached hydrogen (secondary N) is 3. The Hall–Kier alpha value is -3.39. The van der Waals surface area contributed by atoms with E-state index in [2.05, 4.69) is 71.7 Å². The van der Waals surface area contributed by atoms with Crippen molar-refractivity contribution in [3.05, 3.63) is 71.9 Å². The SMILES string of the molecule is BC(B)(OC1C=CN(c2ccc3c(n2)N2CC(CCCNc4nc(ccc4OS(=O)c4ccc(C)cc4)SNC3=O)CC2(C)C)N1)C(B)(B)C1C2(CC2)C12CC2. The Morgan fingerprint density at radius 3 is 2.43 bits per heavy atom. The molecule has 6 aliphatic rings. The lowest BCUT2D eigenvalue weighted by atomic mass is 9.33. The third-order valence-electron chi connectivity index (χ3n) is 14.1. The third-order valence-corrected chi connectivity index (χ3v) is 15.8. The van der Waals surface area contributed by atoms with E-state index in [1.165, 1.54) is 25.7 Å². The molecule has 17 heteroatoms. The molecule has 11 nitrogen and oxygen atoms in total. The fourth-order valence-electron chi connectivity index (χ4n) is 10.5. The average molecular weight is 789 g/mol. The van der Waals surface area contributed by atoms with E-state index in [0.29, 0.717) is 62.0 Å². The van der Waals surface area contributed by atoms with Gasteiger partial charge in [-0.15, -0.1) is 0 Å². The summed E-state index contributed by atoms with van der Waals surface area (Å²) in [6, 6.07) is 14.7. The summed E-state index contributed by atoms with van der Waals surface area (Å²) in [5.74, 6) is 3.13. The van der Waals surface area contributed by atoms with Crippen LogP contribution < -0.4 is 29.6 Å². The molecule has 290 valence electrons. The van der Waals surface area contributed by atoms with Gasteiger partial charge in [-0.05, 0) is 136 Å². The minimum atomic E-state index is -1.71. The van der Waals surface area contributed by atoms with Gasteiger partial charge in [-0.25, -0.2) is 14.2 Å². The first kappa shape index (κ1) is 38.1. The first-order valence-electron chi connectivity index (χ1n) is 20.2. The molecule has 3 aliphatic carbocycles. The number of anilines is 3. The van der Waals surface area contributed by atoms with Gasteiger partial charge in [-0.2, -0.15) is 5.43 Å². The number of rotatable bonds is 8. The third kappa shape index (κ3) is 6.58. The van der Waals surface area contributed by atoms with Crippen molar-refractivity contribution in [2.75, 3.05) is 28.3 Å². The lowest BCUT2D eigenvalue weighted by molar-refractivity contribution is 0.00323. The predicted molar refractivity (Wildman–Crippen MR) is 233 cm³/mol. The van der Waals surface area contributed by atoms with Crippen molar-refractivity contribution in [3.8, 4) is 5.75 Å². The van der Waals surface area contributed by atoms with Crippen molar-refractivity contribution < 1.29 is 17.9 Å². The van der Waals surface area contributed by atoms with Crippen molar-refractivity contribution in [1.82, 2.24) is 20.1 Å². The molecule has 56 heavy (non-hydrogen) atoms. The minimum Gasteiger partial charge on any atom is -0.393 e. The summed E-state index contributed by atoms with van der Waals surface area (Å²) in [6.07, 6.45) is 12.2. The number of hydrogen-bond donors (Lipinski definition) is 3. The van der Waals surface area contributed by atoms with Gasteiger partial charge in [0.05, 0.1) is 10.5 Å². The first-order chi connectivity index (χ1) is 26.6. The number of amides is 1. The Morgan fingerprint density at radius 1 is 0.982 bits per heavy atom. The molecule has 1 aromatic carbocycles. The Labute approximate surface area is 341 Å². The van der Waals surface area contributed by atoms with Crippen molar-refractivity contribution in [1.29, 1.82) is 0 Å². The number of pyridine rings is 2. The van der Waals surface area contributed by atoms with Gasteiger partial charge in [-0.1, -0.05) is 22.9 Å². The van der Waals surface area contributed by atoms with Gasteiger partial charge in [0.2, 0.25) is 11.1 Å². The molecule has 3 aromatic rings. The summed E-state index contributed by atoms with van der Waals surface area (Å²) >= 11 is -0.582. The van der Waals surface area contributed by atoms with Gasteiger partial charge in [0, 0.05) is 36.8 Å². The summed E-state index contributed by atoms with van der Waals surface area (Å²) in [4.78, 5) is 26.9. The van der Waals surface area contributed by atoms with E-state index in [0.717, 1.165) is 49.2 Å². The van der Waals surface area contributed by atoms with Crippen molar-refractivity contribution >= 4 is 77.8 Å². The van der Waals surface area contributed by atoms with Gasteiger partial charge < -0.3 is 19.1 Å². The number of fused-ring (bicyclic) bond motifs is 7. The van der Waals surface area contributed by atoms with E-state index < -0.39 is 11.1 Å². The monoisotopic (exact) mass is 789 g/mol. The Kier molecular flexibility index (Phi) is 9.26. The second kappa shape index (κ2) is 13.6. The Morgan fingerprint density at radius 2 is 1.71 bits per heavy atom. The molecular formula is C39H51B4N7O4S2. The zero-order valence-electron chi connectivity index (χ0n) is 33.6. The zero-order chi connectivity index (χ0) is 39.3. The summed E-state index contributed by atoms with van der Waals surface area (Å²) in [7, 11) is 9.35. The molecule has 3 aliphatic heterocycles. The van der Waals surface area contributed by atoms with Crippen LogP contribution in [0, 0.1) is 29.6 Å². The number of ether oxygens (including phenoxy) is 1. The summed E-state index contributed by atoms with van der Waals surface area (Å²) < 4.78 is 29.0. The van der Waals surface area contributed by atoms with Crippen LogP contribution >= 0.6 is 11.9 Å². The molecule has 3 N–H and O–H groups in total. The maximum atomic E-state index is 14.0. The van der Waals surface area contributed by atoms with Crippen molar-refractivity contribution in [2.45, 2.75) is 98.0 Å². The highest BCUT2D eigenvalue weighted by molar-refractivity contribution is 7.97. The average Bonchev–Trinajstić information content (AvgIpc) is 4.11. The van der Waals surface area contributed by atoms with Crippen LogP contribution in [0.25, 0.3) is 0 Å². The van der Waals surface area contributed by atoms with E-state index in [1.807, 2.05) is 42.4 Å². The molecule has 1 saturated heterocycles. The van der Waals surface area contributed by atoms with Crippen LogP contribution in [0.15, 0.2) is 70.7 Å². The standard InChI is InChI=1S/C39H51B4N7O4S2/c1-23-6-8-25(9-7-23)56(52)54-27-11-13-30-46-31(27)44-19-4-5-24-21-35(2,3)49(22-24)32-26(33(51)48-55-30)10-12-28(45-32)50-20-14-29(47-50)53-39(42,43)38(40,41)34-36(15-16-36)37(34)17-18-37/h6-14,20,24,29,34,47H,4-5,15-19,21-22,40-43H2,1-3H3,(H,44,46)(H,48,51). The molecule has 5 heterocycles. The molecule has 0 radical (unpaired) electrons. The van der Waals surface area contributed by atoms with E-state index in [9.17, 15) is 9.00 Å². The molecular weight excluding hydrogens is 738 g/mol. The lowest BCUT2D eigenvalue weighted by Crippen LogP contribution is -2.54. The number of carbonyl (C=O) groups is 1. The Balaban J connectivity index is 0.933. The molecule has 2 aromatic heterocycles. The summed E-state index contributed by atoms with van der Waals surface area (Å²) in [6.45, 7) is 7.93. The molecule has 3 saturated carbocycles. The van der Waals surface area contributed by atoms with Crippen LogP contribution in [-0.2, 0) is 15.8 Å². The maximum absolute atomic E-state index is 14.0. The van der Waals surface area contributed by atoms with Gasteiger partial charge in [0.1, 0.15) is 54.3 Å². The maximum Gasteiger partial charge on any atom is 0.265 e. The van der Waals surface area contributed by atoms with Crippen LogP contribution in [0.1, 0.15) is 74.7 Å². The molecule has 9 rings (SSSR count). The second-order valence-electron chi connectivity index (χ2n) is 18.6. The first-order valence-corrected chi connectivity index (χ1v) is 22.1. The van der Waals surface area contributed by atoms with Crippen LogP contribution in [-0.4, -0.2) is 81.7 Å². The number of hydrogen-bond acceptors (Lipinski definition) is 11. The van der Waals surface area contributed by atoms with Crippen LogP contribution in [0.4, 0.5) is 17.5 Å². The van der Waals surface area contributed by atoms with E-state index in [1.54, 1.807) is 24.3 Å². The number of aromatic nitrogens is 2. The highest BCUT2D eigenvalue weighted by atomic mass is 32.2. The van der Waals surface area contributed by atoms with Gasteiger partial charge in [0.15, 0.2) is 11.6 Å². The number of benzene rings is 1. The Bertz CT molecular complexity index is 2100. The summed E-state index contributed by atoms with van der Waals surface area (Å²) in [5.41, 5.74) is 6.09. The normalized spacial score (nSPS) is 25.2. The minimum absolute atomic E-state index is 0.0453. The van der Waals surface area contributed by atoms with E-state index in [4.69, 9.17) is 18.9 Å². The van der Waals surface area contributed by atoms with Crippen LogP contribution in [0.3, 0.4) is 0 Å². The fourth-order valence-corrected chi connectivity index (χ4v) is 11.8. The van der Waals surface area contributed by atoms with E-state index in [-0.39, 0.29) is 28.3 Å². The quantitative estimate of drug-likeness (QED) is 0.231. The number of aryl methyl sites for hydroxylation is 1. The van der Waals surface area contributed by atoms with E-state index >= 15 is 0 Å². The molecule has 3 atom stereocenters. The largest absolute Gasteiger partial charge is 0.393 e. The van der Waals surface area contributed by atoms with Gasteiger partial charge in [-0.3, -0.25) is 14.5 Å². The van der Waals surface area contributed by atoms with Gasteiger partial charge in [0.25, 0.3) is 5.91 Å². The van der Waals surface area contributed by atoms with Crippen molar-refractivity contribution in [3.63, 3.8) is 0 Å². The predicted octanol–water partition coefficient (Wildman–Crippen LogP) is 2.81. The second-order valence-corrected chi connectivity index (χ2v) is 20.6. The molecule has 3 unspecified atom stereocenters. The summed E-state index contributed by atoms with van der Waals surface area (Å²) in [5, 5.41) is 5.63. The van der Waals surface area contributed by atoms with Gasteiger partial charge >= 0.3 is 0 Å². The smallest absolute Gasteiger partial charge is 0.265 e.